The standard InChI is InChI=1S/C14H14N4O3/c1-8-4-2-3-5-9(8)13-15-16-17-18(13)10-6-11(19)14-20-7-12(10)21-14/h2-5,10,12,14H,6-7H2,1H3. The lowest BCUT2D eigenvalue weighted by molar-refractivity contribution is -0.156. The Morgan fingerprint density at radius 3 is 3.05 bits per heavy atom. The quantitative estimate of drug-likeness (QED) is 0.816. The van der Waals surface area contributed by atoms with Gasteiger partial charge in [0.1, 0.15) is 6.10 Å². The average Bonchev–Trinajstić information content (AvgIpc) is 3.12. The number of benzene rings is 1. The van der Waals surface area contributed by atoms with E-state index in [4.69, 9.17) is 9.47 Å². The lowest BCUT2D eigenvalue weighted by Crippen LogP contribution is -2.37. The number of aromatic nitrogens is 4. The number of Topliss-reactive ketones (excluding diaryl/α,β-unsaturated/α-hetero) is 1. The molecule has 3 heterocycles. The van der Waals surface area contributed by atoms with Crippen molar-refractivity contribution in [2.75, 3.05) is 6.61 Å². The van der Waals surface area contributed by atoms with Crippen LogP contribution in [-0.4, -0.2) is 45.0 Å². The van der Waals surface area contributed by atoms with E-state index in [0.29, 0.717) is 18.9 Å². The lowest BCUT2D eigenvalue weighted by Gasteiger charge is -2.26. The molecule has 2 aliphatic heterocycles. The summed E-state index contributed by atoms with van der Waals surface area (Å²) in [5.74, 6) is 0.597. The fraction of sp³-hybridized carbons (Fsp3) is 0.429. The molecule has 0 aliphatic carbocycles. The second-order valence-electron chi connectivity index (χ2n) is 5.34. The number of aryl methyl sites for hydroxylation is 1. The van der Waals surface area contributed by atoms with Gasteiger partial charge >= 0.3 is 0 Å². The Morgan fingerprint density at radius 2 is 2.19 bits per heavy atom. The van der Waals surface area contributed by atoms with Gasteiger partial charge in [-0.05, 0) is 22.9 Å². The number of nitrogens with zero attached hydrogens (tertiary/aromatic N) is 4. The number of hydrogen-bond acceptors (Lipinski definition) is 6. The summed E-state index contributed by atoms with van der Waals surface area (Å²) in [6, 6.07) is 7.66. The van der Waals surface area contributed by atoms with E-state index < -0.39 is 6.29 Å². The van der Waals surface area contributed by atoms with Crippen LogP contribution in [0.5, 0.6) is 0 Å². The number of rotatable bonds is 2. The lowest BCUT2D eigenvalue weighted by atomic mass is 10.0. The Bertz CT molecular complexity index is 699. The van der Waals surface area contributed by atoms with Gasteiger partial charge in [-0.2, -0.15) is 0 Å². The van der Waals surface area contributed by atoms with Crippen molar-refractivity contribution in [2.24, 2.45) is 0 Å². The molecule has 0 N–H and O–H groups in total. The van der Waals surface area contributed by atoms with Crippen LogP contribution in [0.4, 0.5) is 0 Å². The van der Waals surface area contributed by atoms with Gasteiger partial charge in [0.25, 0.3) is 0 Å². The normalized spacial score (nSPS) is 28.0. The van der Waals surface area contributed by atoms with Gasteiger partial charge in [0, 0.05) is 12.0 Å². The van der Waals surface area contributed by atoms with Crippen LogP contribution in [0.3, 0.4) is 0 Å². The summed E-state index contributed by atoms with van der Waals surface area (Å²) in [7, 11) is 0. The van der Waals surface area contributed by atoms with Crippen molar-refractivity contribution in [3.8, 4) is 11.4 Å². The Hall–Kier alpha value is -2.12. The van der Waals surface area contributed by atoms with Crippen LogP contribution in [0, 0.1) is 6.92 Å². The molecule has 1 aromatic heterocycles. The minimum absolute atomic E-state index is 0.0556. The van der Waals surface area contributed by atoms with Gasteiger partial charge in [-0.3, -0.25) is 4.79 Å². The van der Waals surface area contributed by atoms with E-state index in [1.807, 2.05) is 31.2 Å². The first-order chi connectivity index (χ1) is 10.2. The number of fused-ring (bicyclic) bond motifs is 2. The van der Waals surface area contributed by atoms with Gasteiger partial charge in [0.05, 0.1) is 12.6 Å². The highest BCUT2D eigenvalue weighted by Crippen LogP contribution is 2.34. The van der Waals surface area contributed by atoms with E-state index >= 15 is 0 Å². The molecular formula is C14H14N4O3. The first-order valence-corrected chi connectivity index (χ1v) is 6.87. The van der Waals surface area contributed by atoms with Gasteiger partial charge in [-0.1, -0.05) is 24.3 Å². The number of carbonyl (C=O) groups is 1. The van der Waals surface area contributed by atoms with E-state index in [9.17, 15) is 4.79 Å². The molecule has 2 aliphatic rings. The van der Waals surface area contributed by atoms with Crippen molar-refractivity contribution < 1.29 is 14.3 Å². The molecule has 2 aromatic rings. The molecule has 4 rings (SSSR count). The molecule has 0 radical (unpaired) electrons. The number of hydrogen-bond donors (Lipinski definition) is 0. The second-order valence-corrected chi connectivity index (χ2v) is 5.34. The Labute approximate surface area is 120 Å². The van der Waals surface area contributed by atoms with Crippen LogP contribution in [0.15, 0.2) is 24.3 Å². The zero-order valence-corrected chi connectivity index (χ0v) is 11.5. The molecule has 7 heteroatoms. The first kappa shape index (κ1) is 12.6. The summed E-state index contributed by atoms with van der Waals surface area (Å²) in [6.45, 7) is 2.40. The van der Waals surface area contributed by atoms with Crippen molar-refractivity contribution in [3.05, 3.63) is 29.8 Å². The molecule has 0 amide bonds. The Balaban J connectivity index is 1.76. The number of carbonyl (C=O) groups excluding carboxylic acids is 1. The second kappa shape index (κ2) is 4.71. The van der Waals surface area contributed by atoms with Crippen molar-refractivity contribution in [3.63, 3.8) is 0 Å². The summed E-state index contributed by atoms with van der Waals surface area (Å²) < 4.78 is 12.6. The molecule has 0 saturated carbocycles. The average molecular weight is 286 g/mol. The molecule has 1 aromatic carbocycles. The Morgan fingerprint density at radius 1 is 1.33 bits per heavy atom. The highest BCUT2D eigenvalue weighted by atomic mass is 16.7. The zero-order valence-electron chi connectivity index (χ0n) is 11.5. The minimum Gasteiger partial charge on any atom is -0.343 e. The van der Waals surface area contributed by atoms with Gasteiger partial charge < -0.3 is 9.47 Å². The third-order valence-corrected chi connectivity index (χ3v) is 4.01. The first-order valence-electron chi connectivity index (χ1n) is 6.87. The molecule has 2 fully saturated rings. The smallest absolute Gasteiger partial charge is 0.218 e. The monoisotopic (exact) mass is 286 g/mol. The zero-order chi connectivity index (χ0) is 14.4. The molecule has 21 heavy (non-hydrogen) atoms. The fourth-order valence-corrected chi connectivity index (χ4v) is 2.89. The number of ketones is 1. The van der Waals surface area contributed by atoms with Crippen molar-refractivity contribution in [1.29, 1.82) is 0 Å². The van der Waals surface area contributed by atoms with E-state index in [-0.39, 0.29) is 17.9 Å². The highest BCUT2D eigenvalue weighted by molar-refractivity contribution is 5.83. The van der Waals surface area contributed by atoms with Crippen LogP contribution >= 0.6 is 0 Å². The van der Waals surface area contributed by atoms with Crippen molar-refractivity contribution in [2.45, 2.75) is 31.8 Å². The molecule has 2 saturated heterocycles. The van der Waals surface area contributed by atoms with Gasteiger partial charge in [-0.15, -0.1) is 5.10 Å². The Kier molecular flexibility index (Phi) is 2.83. The van der Waals surface area contributed by atoms with Crippen LogP contribution < -0.4 is 0 Å². The molecule has 2 bridgehead atoms. The maximum absolute atomic E-state index is 11.9. The molecule has 3 atom stereocenters. The largest absolute Gasteiger partial charge is 0.343 e. The summed E-state index contributed by atoms with van der Waals surface area (Å²) in [6.07, 6.45) is -0.553. The number of tetrazole rings is 1. The third-order valence-electron chi connectivity index (χ3n) is 4.01. The molecule has 7 nitrogen and oxygen atoms in total. The minimum atomic E-state index is -0.704. The maximum Gasteiger partial charge on any atom is 0.218 e. The third kappa shape index (κ3) is 1.97. The van der Waals surface area contributed by atoms with Crippen molar-refractivity contribution >= 4 is 5.78 Å². The van der Waals surface area contributed by atoms with Gasteiger partial charge in [-0.25, -0.2) is 4.68 Å². The van der Waals surface area contributed by atoms with Gasteiger partial charge in [0.2, 0.25) is 6.29 Å². The van der Waals surface area contributed by atoms with E-state index in [1.54, 1.807) is 4.68 Å². The van der Waals surface area contributed by atoms with Crippen molar-refractivity contribution in [1.82, 2.24) is 20.2 Å². The van der Waals surface area contributed by atoms with Crippen LogP contribution in [0.25, 0.3) is 11.4 Å². The van der Waals surface area contributed by atoms with Crippen LogP contribution in [0.2, 0.25) is 0 Å². The summed E-state index contributed by atoms with van der Waals surface area (Å²) in [5, 5.41) is 12.0. The summed E-state index contributed by atoms with van der Waals surface area (Å²) in [5.41, 5.74) is 2.04. The molecule has 108 valence electrons. The molecular weight excluding hydrogens is 272 g/mol. The van der Waals surface area contributed by atoms with Crippen LogP contribution in [0.1, 0.15) is 18.0 Å². The van der Waals surface area contributed by atoms with Crippen LogP contribution in [-0.2, 0) is 14.3 Å². The summed E-state index contributed by atoms with van der Waals surface area (Å²) in [4.78, 5) is 11.9. The van der Waals surface area contributed by atoms with E-state index in [1.165, 1.54) is 0 Å². The molecule has 0 spiro atoms. The van der Waals surface area contributed by atoms with E-state index in [2.05, 4.69) is 15.5 Å². The number of ether oxygens (including phenoxy) is 2. The van der Waals surface area contributed by atoms with E-state index in [0.717, 1.165) is 11.1 Å². The van der Waals surface area contributed by atoms with Gasteiger partial charge in [0.15, 0.2) is 11.6 Å². The topological polar surface area (TPSA) is 79.1 Å². The predicted molar refractivity (Wildman–Crippen MR) is 71.3 cm³/mol. The fourth-order valence-electron chi connectivity index (χ4n) is 2.89. The maximum atomic E-state index is 11.9. The highest BCUT2D eigenvalue weighted by Gasteiger charge is 2.45. The SMILES string of the molecule is Cc1ccccc1-c1nnnn1C1CC(=O)C2OCC1O2. The molecule has 3 unspecified atom stereocenters. The predicted octanol–water partition coefficient (Wildman–Crippen LogP) is 0.904. The summed E-state index contributed by atoms with van der Waals surface area (Å²) >= 11 is 0.